The Hall–Kier alpha value is -0.118. The molecule has 4 aromatic rings. The topological polar surface area (TPSA) is 0 Å². The molecule has 214 valence electrons. The van der Waals surface area contributed by atoms with Crippen molar-refractivity contribution >= 4 is 66.7 Å². The van der Waals surface area contributed by atoms with Gasteiger partial charge in [-0.15, -0.1) is 28.6 Å². The molecule has 0 spiro atoms. The van der Waals surface area contributed by atoms with Crippen LogP contribution in [0.2, 0.25) is 0 Å². The van der Waals surface area contributed by atoms with Crippen molar-refractivity contribution in [1.82, 2.24) is 0 Å². The molecule has 0 N–H and O–H groups in total. The van der Waals surface area contributed by atoms with E-state index < -0.39 is 0 Å². The van der Waals surface area contributed by atoms with Gasteiger partial charge in [-0.05, 0) is 86.7 Å². The number of benzene rings is 4. The normalized spacial score (nSPS) is 11.6. The Morgan fingerprint density at radius 2 is 1.10 bits per heavy atom. The second kappa shape index (κ2) is 19.1. The summed E-state index contributed by atoms with van der Waals surface area (Å²) in [7, 11) is 0.275. The van der Waals surface area contributed by atoms with E-state index in [-0.39, 0.29) is 15.8 Å². The second-order valence-electron chi connectivity index (χ2n) is 9.88. The number of rotatable bonds is 6. The number of halogens is 2. The van der Waals surface area contributed by atoms with Crippen molar-refractivity contribution in [3.8, 4) is 0 Å². The molecular weight excluding hydrogens is 737 g/mol. The summed E-state index contributed by atoms with van der Waals surface area (Å²) in [6.45, 7) is 13.8. The fraction of sp³-hybridized carbons (Fsp3) is 0.412. The number of hydrogen-bond donors (Lipinski definition) is 0. The van der Waals surface area contributed by atoms with Crippen LogP contribution in [0.3, 0.4) is 0 Å². The van der Waals surface area contributed by atoms with Crippen molar-refractivity contribution in [2.45, 2.75) is 54.4 Å². The maximum absolute atomic E-state index is 3.89. The molecule has 0 radical (unpaired) electrons. The van der Waals surface area contributed by atoms with Crippen molar-refractivity contribution in [2.24, 2.45) is 0 Å². The van der Waals surface area contributed by atoms with E-state index in [2.05, 4.69) is 155 Å². The van der Waals surface area contributed by atoms with E-state index in [1.54, 1.807) is 0 Å². The number of hydrogen-bond acceptors (Lipinski definition) is 0. The molecule has 0 saturated heterocycles. The Balaban J connectivity index is 0.000000279. The summed E-state index contributed by atoms with van der Waals surface area (Å²) in [5.74, 6) is 0. The van der Waals surface area contributed by atoms with Crippen molar-refractivity contribution in [2.75, 3.05) is 37.0 Å². The fourth-order valence-electron chi connectivity index (χ4n) is 5.18. The predicted molar refractivity (Wildman–Crippen MR) is 189 cm³/mol. The monoisotopic (exact) mass is 780 g/mol. The van der Waals surface area contributed by atoms with E-state index in [4.69, 9.17) is 0 Å². The SMILES string of the molecule is Brc1c2c([c-]c3cc4ccccc4cc13)Cc1ccccc1C2.CC[PH+](CC)CC.CC[PH+](CC)CC.[Br][Pd+]. The van der Waals surface area contributed by atoms with E-state index in [0.717, 1.165) is 12.8 Å². The van der Waals surface area contributed by atoms with Crippen molar-refractivity contribution in [3.63, 3.8) is 0 Å². The average molecular weight is 783 g/mol. The Kier molecular flexibility index (Phi) is 17.2. The molecule has 1 aliphatic carbocycles. The molecular formula is C34H46Br2P2Pd+2. The van der Waals surface area contributed by atoms with Crippen LogP contribution in [-0.2, 0) is 30.0 Å². The van der Waals surface area contributed by atoms with E-state index in [1.165, 1.54) is 85.2 Å². The summed E-state index contributed by atoms with van der Waals surface area (Å²) < 4.78 is 1.24. The molecule has 0 saturated carbocycles. The quantitative estimate of drug-likeness (QED) is 0.0697. The zero-order valence-corrected chi connectivity index (χ0v) is 31.2. The van der Waals surface area contributed by atoms with E-state index >= 15 is 0 Å². The van der Waals surface area contributed by atoms with Gasteiger partial charge in [0.15, 0.2) is 0 Å². The Labute approximate surface area is 266 Å². The zero-order valence-electron chi connectivity index (χ0n) is 24.5. The first-order valence-electron chi connectivity index (χ1n) is 14.4. The molecule has 0 bridgehead atoms. The van der Waals surface area contributed by atoms with Gasteiger partial charge in [0.05, 0.1) is 37.0 Å². The van der Waals surface area contributed by atoms with Gasteiger partial charge in [0.1, 0.15) is 0 Å². The first kappa shape index (κ1) is 35.1. The van der Waals surface area contributed by atoms with Crippen LogP contribution in [0.4, 0.5) is 0 Å². The molecule has 5 rings (SSSR count). The first-order chi connectivity index (χ1) is 19.0. The summed E-state index contributed by atoms with van der Waals surface area (Å²) >= 11 is 9.24. The van der Waals surface area contributed by atoms with Crippen LogP contribution >= 0.6 is 45.2 Å². The fourth-order valence-corrected chi connectivity index (χ4v) is 8.88. The molecule has 39 heavy (non-hydrogen) atoms. The first-order valence-corrected chi connectivity index (χ1v) is 23.0. The van der Waals surface area contributed by atoms with Gasteiger partial charge in [-0.3, -0.25) is 0 Å². The van der Waals surface area contributed by atoms with Crippen LogP contribution in [0.5, 0.6) is 0 Å². The van der Waals surface area contributed by atoms with Crippen LogP contribution in [0.1, 0.15) is 63.8 Å². The van der Waals surface area contributed by atoms with E-state index in [0.29, 0.717) is 0 Å². The predicted octanol–water partition coefficient (Wildman–Crippen LogP) is 11.4. The van der Waals surface area contributed by atoms with Crippen LogP contribution in [0, 0.1) is 6.07 Å². The molecule has 0 unspecified atom stereocenters. The van der Waals surface area contributed by atoms with Gasteiger partial charge in [-0.2, -0.15) is 0 Å². The summed E-state index contributed by atoms with van der Waals surface area (Å²) in [6.07, 6.45) is 10.7. The molecule has 5 heteroatoms. The minimum absolute atomic E-state index is 0.137. The third kappa shape index (κ3) is 9.99. The summed E-state index contributed by atoms with van der Waals surface area (Å²) in [5.41, 5.74) is 5.60. The Bertz CT molecular complexity index is 1260. The van der Waals surface area contributed by atoms with Crippen molar-refractivity contribution in [1.29, 1.82) is 0 Å². The molecule has 4 aromatic carbocycles. The van der Waals surface area contributed by atoms with Crippen LogP contribution in [0.15, 0.2) is 65.1 Å². The van der Waals surface area contributed by atoms with Crippen LogP contribution in [-0.4, -0.2) is 37.0 Å². The molecule has 0 heterocycles. The van der Waals surface area contributed by atoms with Gasteiger partial charge >= 0.3 is 30.6 Å². The summed E-state index contributed by atoms with van der Waals surface area (Å²) in [5, 5.41) is 5.03. The molecule has 0 amide bonds. The van der Waals surface area contributed by atoms with Crippen molar-refractivity contribution in [3.05, 3.63) is 93.5 Å². The number of fused-ring (bicyclic) bond motifs is 4. The molecule has 1 aliphatic rings. The molecule has 0 atom stereocenters. The molecule has 0 aliphatic heterocycles. The van der Waals surface area contributed by atoms with Crippen LogP contribution in [0.25, 0.3) is 21.5 Å². The Morgan fingerprint density at radius 3 is 1.56 bits per heavy atom. The third-order valence-corrected chi connectivity index (χ3v) is 14.8. The molecule has 0 aromatic heterocycles. The molecule has 0 fully saturated rings. The van der Waals surface area contributed by atoms with Gasteiger partial charge in [0.2, 0.25) is 0 Å². The van der Waals surface area contributed by atoms with E-state index in [1.807, 2.05) is 0 Å². The Morgan fingerprint density at radius 1 is 0.667 bits per heavy atom. The van der Waals surface area contributed by atoms with Gasteiger partial charge in [-0.25, -0.2) is 0 Å². The average Bonchev–Trinajstić information content (AvgIpc) is 2.99. The van der Waals surface area contributed by atoms with Gasteiger partial charge in [0.25, 0.3) is 0 Å². The van der Waals surface area contributed by atoms with E-state index in [9.17, 15) is 0 Å². The second-order valence-corrected chi connectivity index (χ2v) is 17.9. The summed E-state index contributed by atoms with van der Waals surface area (Å²) in [4.78, 5) is 0. The third-order valence-electron chi connectivity index (χ3n) is 7.89. The minimum atomic E-state index is 0.137. The summed E-state index contributed by atoms with van der Waals surface area (Å²) in [6, 6.07) is 25.5. The standard InChI is InChI=1S/C22H14Br.2C6H15P.BrH.Pd/c23-22-20-12-16-7-3-1-5-14(16)9-18(20)11-19-10-15-6-2-4-8-17(15)13-21(19)22;2*1-4-7(5-2)6-3;;/h1-9,12H,10,13H2;2*4-6H2,1-3H3;1H;/q-1;;;;+2/p+1. The van der Waals surface area contributed by atoms with Gasteiger partial charge in [0, 0.05) is 0 Å². The van der Waals surface area contributed by atoms with Crippen molar-refractivity contribution < 1.29 is 17.2 Å². The zero-order chi connectivity index (χ0) is 28.8. The van der Waals surface area contributed by atoms with Crippen LogP contribution < -0.4 is 0 Å². The van der Waals surface area contributed by atoms with Gasteiger partial charge < -0.3 is 0 Å². The maximum atomic E-state index is 3.89. The molecule has 0 nitrogen and oxygen atoms in total. The van der Waals surface area contributed by atoms with Gasteiger partial charge in [-0.1, -0.05) is 85.8 Å².